The van der Waals surface area contributed by atoms with Crippen LogP contribution in [0.1, 0.15) is 5.56 Å². The smallest absolute Gasteiger partial charge is 0.0955 e. The Kier molecular flexibility index (Phi) is 3.46. The maximum absolute atomic E-state index is 9.55. The number of aromatic amines is 1. The first-order valence-electron chi connectivity index (χ1n) is 9.74. The number of rotatable bonds is 2. The Balaban J connectivity index is 1.79. The van der Waals surface area contributed by atoms with Crippen LogP contribution in [-0.2, 0) is 6.61 Å². The lowest BCUT2D eigenvalue weighted by Gasteiger charge is -2.12. The first-order chi connectivity index (χ1) is 14.3. The Morgan fingerprint density at radius 1 is 0.724 bits per heavy atom. The molecule has 0 saturated carbocycles. The summed E-state index contributed by atoms with van der Waals surface area (Å²) in [6.45, 7) is 0.0362. The number of aromatic nitrogens is 2. The van der Waals surface area contributed by atoms with Gasteiger partial charge in [0.2, 0.25) is 0 Å². The molecule has 3 heteroatoms. The van der Waals surface area contributed by atoms with E-state index in [0.717, 1.165) is 38.6 Å². The van der Waals surface area contributed by atoms with Crippen LogP contribution in [0.25, 0.3) is 54.6 Å². The molecule has 0 bridgehead atoms. The number of nitrogens with zero attached hydrogens (tertiary/aromatic N) is 1. The second-order valence-corrected chi connectivity index (χ2v) is 7.44. The molecule has 3 nitrogen and oxygen atoms in total. The van der Waals surface area contributed by atoms with Gasteiger partial charge in [0.05, 0.1) is 17.8 Å². The Morgan fingerprint density at radius 3 is 2.17 bits per heavy atom. The van der Waals surface area contributed by atoms with E-state index in [2.05, 4.69) is 65.6 Å². The van der Waals surface area contributed by atoms with Crippen molar-refractivity contribution in [3.05, 3.63) is 90.6 Å². The third kappa shape index (κ3) is 2.38. The Bertz CT molecular complexity index is 1490. The molecule has 0 aliphatic rings. The van der Waals surface area contributed by atoms with E-state index in [-0.39, 0.29) is 6.61 Å². The number of hydrogen-bond donors (Lipinski definition) is 2. The molecule has 2 aromatic heterocycles. The van der Waals surface area contributed by atoms with Crippen LogP contribution in [0.15, 0.2) is 85.1 Å². The highest BCUT2D eigenvalue weighted by Gasteiger charge is 2.16. The Labute approximate surface area is 167 Å². The molecule has 4 aromatic carbocycles. The van der Waals surface area contributed by atoms with Crippen LogP contribution in [0, 0.1) is 0 Å². The monoisotopic (exact) mass is 374 g/mol. The average Bonchev–Trinajstić information content (AvgIpc) is 3.15. The SMILES string of the molecule is OCc1ccc2[nH]c3c(-c4c5ccccc5cc5ccccc45)nccc3c2c1. The van der Waals surface area contributed by atoms with Crippen molar-refractivity contribution in [1.82, 2.24) is 9.97 Å². The number of fused-ring (bicyclic) bond motifs is 5. The summed E-state index contributed by atoms with van der Waals surface area (Å²) < 4.78 is 0. The topological polar surface area (TPSA) is 48.9 Å². The molecule has 29 heavy (non-hydrogen) atoms. The van der Waals surface area contributed by atoms with Crippen molar-refractivity contribution in [1.29, 1.82) is 0 Å². The maximum atomic E-state index is 9.55. The molecule has 0 aliphatic carbocycles. The van der Waals surface area contributed by atoms with Gasteiger partial charge in [-0.25, -0.2) is 0 Å². The third-order valence-electron chi connectivity index (χ3n) is 5.78. The lowest BCUT2D eigenvalue weighted by Crippen LogP contribution is -1.90. The molecule has 0 unspecified atom stereocenters. The summed E-state index contributed by atoms with van der Waals surface area (Å²) in [4.78, 5) is 8.42. The van der Waals surface area contributed by atoms with E-state index in [9.17, 15) is 5.11 Å². The zero-order chi connectivity index (χ0) is 19.4. The predicted molar refractivity (Wildman–Crippen MR) is 120 cm³/mol. The molecule has 0 radical (unpaired) electrons. The number of hydrogen-bond acceptors (Lipinski definition) is 2. The van der Waals surface area contributed by atoms with Gasteiger partial charge in [-0.3, -0.25) is 4.98 Å². The molecule has 0 saturated heterocycles. The van der Waals surface area contributed by atoms with Crippen LogP contribution >= 0.6 is 0 Å². The molecular weight excluding hydrogens is 356 g/mol. The number of nitrogens with one attached hydrogen (secondary N) is 1. The molecule has 0 spiro atoms. The van der Waals surface area contributed by atoms with Crippen LogP contribution in [0.2, 0.25) is 0 Å². The van der Waals surface area contributed by atoms with Gasteiger partial charge < -0.3 is 10.1 Å². The fraction of sp³-hybridized carbons (Fsp3) is 0.0385. The van der Waals surface area contributed by atoms with Gasteiger partial charge in [-0.2, -0.15) is 0 Å². The van der Waals surface area contributed by atoms with E-state index in [1.54, 1.807) is 0 Å². The van der Waals surface area contributed by atoms with Gasteiger partial charge in [0.25, 0.3) is 0 Å². The molecule has 6 rings (SSSR count). The molecule has 6 aromatic rings. The summed E-state index contributed by atoms with van der Waals surface area (Å²) in [5, 5.41) is 16.6. The summed E-state index contributed by atoms with van der Waals surface area (Å²) in [5.74, 6) is 0. The van der Waals surface area contributed by atoms with Crippen molar-refractivity contribution in [3.8, 4) is 11.3 Å². The third-order valence-corrected chi connectivity index (χ3v) is 5.78. The van der Waals surface area contributed by atoms with Crippen LogP contribution in [0.3, 0.4) is 0 Å². The zero-order valence-electron chi connectivity index (χ0n) is 15.7. The number of benzene rings is 4. The molecule has 2 heterocycles. The summed E-state index contributed by atoms with van der Waals surface area (Å²) in [6.07, 6.45) is 1.88. The number of aliphatic hydroxyl groups excluding tert-OH is 1. The summed E-state index contributed by atoms with van der Waals surface area (Å²) >= 11 is 0. The van der Waals surface area contributed by atoms with Crippen LogP contribution < -0.4 is 0 Å². The van der Waals surface area contributed by atoms with E-state index in [0.29, 0.717) is 0 Å². The van der Waals surface area contributed by atoms with E-state index in [4.69, 9.17) is 4.98 Å². The van der Waals surface area contributed by atoms with Crippen LogP contribution in [0.4, 0.5) is 0 Å². The molecule has 0 amide bonds. The predicted octanol–water partition coefficient (Wildman–Crippen LogP) is 6.18. The highest BCUT2D eigenvalue weighted by molar-refractivity contribution is 6.18. The van der Waals surface area contributed by atoms with E-state index < -0.39 is 0 Å². The first kappa shape index (κ1) is 16.3. The van der Waals surface area contributed by atoms with E-state index in [1.807, 2.05) is 24.4 Å². The van der Waals surface area contributed by atoms with Crippen molar-refractivity contribution in [3.63, 3.8) is 0 Å². The van der Waals surface area contributed by atoms with Crippen molar-refractivity contribution in [2.45, 2.75) is 6.61 Å². The number of pyridine rings is 1. The Morgan fingerprint density at radius 2 is 1.45 bits per heavy atom. The maximum Gasteiger partial charge on any atom is 0.0955 e. The second-order valence-electron chi connectivity index (χ2n) is 7.44. The van der Waals surface area contributed by atoms with Gasteiger partial charge in [0, 0.05) is 28.0 Å². The minimum atomic E-state index is 0.0362. The van der Waals surface area contributed by atoms with Crippen molar-refractivity contribution in [2.75, 3.05) is 0 Å². The molecule has 0 atom stereocenters. The van der Waals surface area contributed by atoms with E-state index >= 15 is 0 Å². The summed E-state index contributed by atoms with van der Waals surface area (Å²) in [5.41, 5.74) is 5.10. The molecule has 138 valence electrons. The largest absolute Gasteiger partial charge is 0.392 e. The fourth-order valence-electron chi connectivity index (χ4n) is 4.43. The number of aliphatic hydroxyl groups is 1. The molecule has 0 fully saturated rings. The van der Waals surface area contributed by atoms with Gasteiger partial charge in [-0.15, -0.1) is 0 Å². The van der Waals surface area contributed by atoms with Crippen molar-refractivity contribution >= 4 is 43.4 Å². The summed E-state index contributed by atoms with van der Waals surface area (Å²) in [6, 6.07) is 27.3. The van der Waals surface area contributed by atoms with Crippen LogP contribution in [0.5, 0.6) is 0 Å². The fourth-order valence-corrected chi connectivity index (χ4v) is 4.43. The standard InChI is InChI=1S/C26H18N2O/c29-15-16-9-10-23-22(13-16)21-11-12-27-26(25(21)28-23)24-19-7-3-1-5-17(19)14-18-6-2-4-8-20(18)24/h1-14,28-29H,15H2. The van der Waals surface area contributed by atoms with Crippen molar-refractivity contribution < 1.29 is 5.11 Å². The second kappa shape index (κ2) is 6.16. The number of H-pyrrole nitrogens is 1. The van der Waals surface area contributed by atoms with Crippen molar-refractivity contribution in [2.24, 2.45) is 0 Å². The highest BCUT2D eigenvalue weighted by atomic mass is 16.3. The van der Waals surface area contributed by atoms with Gasteiger partial charge in [0.15, 0.2) is 0 Å². The average molecular weight is 374 g/mol. The van der Waals surface area contributed by atoms with Gasteiger partial charge in [0.1, 0.15) is 0 Å². The first-order valence-corrected chi connectivity index (χ1v) is 9.74. The van der Waals surface area contributed by atoms with Gasteiger partial charge in [-0.05, 0) is 51.4 Å². The lowest BCUT2D eigenvalue weighted by atomic mass is 9.94. The lowest BCUT2D eigenvalue weighted by molar-refractivity contribution is 0.282. The minimum absolute atomic E-state index is 0.0362. The quantitative estimate of drug-likeness (QED) is 0.355. The van der Waals surface area contributed by atoms with Gasteiger partial charge in [-0.1, -0.05) is 54.6 Å². The molecule has 2 N–H and O–H groups in total. The molecular formula is C26H18N2O. The normalized spacial score (nSPS) is 11.8. The Hall–Kier alpha value is -3.69. The van der Waals surface area contributed by atoms with Gasteiger partial charge >= 0.3 is 0 Å². The summed E-state index contributed by atoms with van der Waals surface area (Å²) in [7, 11) is 0. The van der Waals surface area contributed by atoms with E-state index in [1.165, 1.54) is 21.5 Å². The van der Waals surface area contributed by atoms with Crippen LogP contribution in [-0.4, -0.2) is 15.1 Å². The molecule has 0 aliphatic heterocycles. The highest BCUT2D eigenvalue weighted by Crippen LogP contribution is 2.39. The minimum Gasteiger partial charge on any atom is -0.392 e. The zero-order valence-corrected chi connectivity index (χ0v) is 15.7.